The number of aliphatic hydroxyl groups excluding tert-OH is 4. The first kappa shape index (κ1) is 18.5. The largest absolute Gasteiger partial charge is 0.394 e. The molecule has 0 aliphatic carbocycles. The van der Waals surface area contributed by atoms with Crippen molar-refractivity contribution in [2.45, 2.75) is 34.7 Å². The van der Waals surface area contributed by atoms with Gasteiger partial charge in [0.05, 0.1) is 27.4 Å². The third-order valence-corrected chi connectivity index (χ3v) is 4.66. The van der Waals surface area contributed by atoms with Gasteiger partial charge < -0.3 is 25.2 Å². The molecule has 1 fully saturated rings. The van der Waals surface area contributed by atoms with Crippen molar-refractivity contribution in [1.29, 1.82) is 0 Å². The Bertz CT molecular complexity index is 641. The molecule has 11 nitrogen and oxygen atoms in total. The molecule has 0 spiro atoms. The van der Waals surface area contributed by atoms with Crippen LogP contribution >= 0.6 is 11.8 Å². The molecule has 1 aliphatic rings. The van der Waals surface area contributed by atoms with Crippen LogP contribution in [0.25, 0.3) is 0 Å². The van der Waals surface area contributed by atoms with Crippen LogP contribution in [-0.4, -0.2) is 66.7 Å². The summed E-state index contributed by atoms with van der Waals surface area (Å²) in [4.78, 5) is 20.2. The van der Waals surface area contributed by atoms with Crippen molar-refractivity contribution >= 4 is 23.1 Å². The van der Waals surface area contributed by atoms with E-state index in [9.17, 15) is 35.5 Å². The molecule has 0 aromatic heterocycles. The highest BCUT2D eigenvalue weighted by Gasteiger charge is 2.44. The highest BCUT2D eigenvalue weighted by molar-refractivity contribution is 8.00. The molecule has 1 aromatic rings. The number of nitro benzene ring substituents is 2. The van der Waals surface area contributed by atoms with Crippen LogP contribution in [0.3, 0.4) is 0 Å². The molecule has 0 saturated carbocycles. The highest BCUT2D eigenvalue weighted by Crippen LogP contribution is 2.39. The lowest BCUT2D eigenvalue weighted by Crippen LogP contribution is -2.57. The Morgan fingerprint density at radius 1 is 1.08 bits per heavy atom. The van der Waals surface area contributed by atoms with Gasteiger partial charge in [-0.3, -0.25) is 20.2 Å². The maximum absolute atomic E-state index is 11.1. The maximum atomic E-state index is 11.1. The molecule has 24 heavy (non-hydrogen) atoms. The number of hydrogen-bond donors (Lipinski definition) is 4. The standard InChI is InChI=1S/C12H14N2O9S/c15-4-7-9(16)10(17)11(18)12(23-7)24-8-2-1-5(13(19)20)3-6(8)14(21)22/h1-3,7,9-12,15-18H,4H2/t7-,9-,10+,11-,12+/m1/s1. The van der Waals surface area contributed by atoms with E-state index >= 15 is 0 Å². The molecule has 1 aliphatic heterocycles. The molecule has 1 heterocycles. The minimum atomic E-state index is -1.62. The second-order valence-electron chi connectivity index (χ2n) is 4.98. The molecule has 0 radical (unpaired) electrons. The van der Waals surface area contributed by atoms with Crippen molar-refractivity contribution in [2.75, 3.05) is 6.61 Å². The van der Waals surface area contributed by atoms with Crippen LogP contribution in [0.1, 0.15) is 0 Å². The predicted molar refractivity (Wildman–Crippen MR) is 79.4 cm³/mol. The summed E-state index contributed by atoms with van der Waals surface area (Å²) in [5, 5.41) is 60.3. The third kappa shape index (κ3) is 3.63. The zero-order chi connectivity index (χ0) is 18.0. The maximum Gasteiger partial charge on any atom is 0.289 e. The summed E-state index contributed by atoms with van der Waals surface area (Å²) in [6, 6.07) is 2.95. The van der Waals surface area contributed by atoms with E-state index < -0.39 is 57.7 Å². The fourth-order valence-electron chi connectivity index (χ4n) is 2.15. The number of ether oxygens (including phenoxy) is 1. The van der Waals surface area contributed by atoms with Crippen molar-refractivity contribution in [1.82, 2.24) is 0 Å². The smallest absolute Gasteiger partial charge is 0.289 e. The van der Waals surface area contributed by atoms with Gasteiger partial charge in [0, 0.05) is 6.07 Å². The Morgan fingerprint density at radius 2 is 1.75 bits per heavy atom. The van der Waals surface area contributed by atoms with Gasteiger partial charge in [-0.1, -0.05) is 11.8 Å². The molecule has 5 atom stereocenters. The van der Waals surface area contributed by atoms with Crippen LogP contribution in [0.5, 0.6) is 0 Å². The second-order valence-corrected chi connectivity index (χ2v) is 6.12. The average molecular weight is 362 g/mol. The first-order valence-corrected chi connectivity index (χ1v) is 7.54. The normalized spacial score (nSPS) is 30.1. The molecule has 1 aromatic carbocycles. The van der Waals surface area contributed by atoms with Crippen molar-refractivity contribution in [2.24, 2.45) is 0 Å². The van der Waals surface area contributed by atoms with Crippen LogP contribution < -0.4 is 0 Å². The second kappa shape index (κ2) is 7.38. The minimum absolute atomic E-state index is 0.0325. The lowest BCUT2D eigenvalue weighted by atomic mass is 10.0. The number of benzene rings is 1. The van der Waals surface area contributed by atoms with Gasteiger partial charge in [-0.05, 0) is 6.07 Å². The summed E-state index contributed by atoms with van der Waals surface area (Å²) < 4.78 is 5.24. The quantitative estimate of drug-likeness (QED) is 0.390. The Labute approximate surface area is 138 Å². The fourth-order valence-corrected chi connectivity index (χ4v) is 3.30. The number of nitrogens with zero attached hydrogens (tertiary/aromatic N) is 2. The molecule has 1 saturated heterocycles. The molecule has 4 N–H and O–H groups in total. The van der Waals surface area contributed by atoms with Crippen LogP contribution in [0.15, 0.2) is 23.1 Å². The third-order valence-electron chi connectivity index (χ3n) is 3.44. The number of rotatable bonds is 5. The fraction of sp³-hybridized carbons (Fsp3) is 0.500. The molecular weight excluding hydrogens is 348 g/mol. The van der Waals surface area contributed by atoms with Gasteiger partial charge in [-0.25, -0.2) is 0 Å². The Morgan fingerprint density at radius 3 is 2.29 bits per heavy atom. The molecular formula is C12H14N2O9S. The number of non-ortho nitro benzene ring substituents is 1. The van der Waals surface area contributed by atoms with Gasteiger partial charge in [-0.2, -0.15) is 0 Å². The number of aliphatic hydroxyl groups is 4. The van der Waals surface area contributed by atoms with Crippen molar-refractivity contribution < 1.29 is 35.0 Å². The number of hydrogen-bond acceptors (Lipinski definition) is 10. The van der Waals surface area contributed by atoms with Gasteiger partial charge >= 0.3 is 0 Å². The van der Waals surface area contributed by atoms with E-state index in [0.717, 1.165) is 18.2 Å². The number of thioether (sulfide) groups is 1. The zero-order valence-corrected chi connectivity index (χ0v) is 12.8. The topological polar surface area (TPSA) is 176 Å². The summed E-state index contributed by atoms with van der Waals surface area (Å²) in [5.41, 5.74) is -2.26. The zero-order valence-electron chi connectivity index (χ0n) is 12.0. The highest BCUT2D eigenvalue weighted by atomic mass is 32.2. The van der Waals surface area contributed by atoms with Crippen molar-refractivity contribution in [3.05, 3.63) is 38.4 Å². The first-order chi connectivity index (χ1) is 11.3. The Kier molecular flexibility index (Phi) is 5.69. The molecule has 132 valence electrons. The molecule has 0 bridgehead atoms. The van der Waals surface area contributed by atoms with E-state index in [2.05, 4.69) is 0 Å². The summed E-state index contributed by atoms with van der Waals surface area (Å²) in [7, 11) is 0. The monoisotopic (exact) mass is 362 g/mol. The van der Waals surface area contributed by atoms with Crippen LogP contribution in [-0.2, 0) is 4.74 Å². The van der Waals surface area contributed by atoms with Gasteiger partial charge in [0.1, 0.15) is 29.9 Å². The minimum Gasteiger partial charge on any atom is -0.394 e. The van der Waals surface area contributed by atoms with Crippen LogP contribution in [0.4, 0.5) is 11.4 Å². The molecule has 0 unspecified atom stereocenters. The van der Waals surface area contributed by atoms with Gasteiger partial charge in [0.25, 0.3) is 11.4 Å². The Hall–Kier alpha value is -1.83. The summed E-state index contributed by atoms with van der Waals surface area (Å²) >= 11 is 0.654. The van der Waals surface area contributed by atoms with E-state index in [1.54, 1.807) is 0 Å². The van der Waals surface area contributed by atoms with E-state index in [-0.39, 0.29) is 4.90 Å². The predicted octanol–water partition coefficient (Wildman–Crippen LogP) is -0.605. The van der Waals surface area contributed by atoms with E-state index in [1.165, 1.54) is 0 Å². The van der Waals surface area contributed by atoms with E-state index in [1.807, 2.05) is 0 Å². The van der Waals surface area contributed by atoms with E-state index in [4.69, 9.17) is 9.84 Å². The first-order valence-electron chi connectivity index (χ1n) is 6.66. The van der Waals surface area contributed by atoms with Crippen LogP contribution in [0, 0.1) is 20.2 Å². The van der Waals surface area contributed by atoms with Gasteiger partial charge in [-0.15, -0.1) is 0 Å². The SMILES string of the molecule is O=[N+]([O-])c1ccc(S[C@@H]2O[C@H](CO)[C@@H](O)[C@H](O)[C@H]2O)c([N+](=O)[O-])c1. The molecule has 12 heteroatoms. The molecule has 0 amide bonds. The lowest BCUT2D eigenvalue weighted by molar-refractivity contribution is -0.396. The van der Waals surface area contributed by atoms with Gasteiger partial charge in [0.15, 0.2) is 0 Å². The summed E-state index contributed by atoms with van der Waals surface area (Å²) in [6.45, 7) is -0.635. The van der Waals surface area contributed by atoms with Gasteiger partial charge in [0.2, 0.25) is 0 Å². The Balaban J connectivity index is 2.29. The van der Waals surface area contributed by atoms with E-state index in [0.29, 0.717) is 11.8 Å². The summed E-state index contributed by atoms with van der Waals surface area (Å²) in [5.74, 6) is 0. The summed E-state index contributed by atoms with van der Waals surface area (Å²) in [6.07, 6.45) is -5.90. The van der Waals surface area contributed by atoms with Crippen molar-refractivity contribution in [3.8, 4) is 0 Å². The number of nitro groups is 2. The molecule has 2 rings (SSSR count). The average Bonchev–Trinajstić information content (AvgIpc) is 2.55. The van der Waals surface area contributed by atoms with Crippen molar-refractivity contribution in [3.63, 3.8) is 0 Å². The van der Waals surface area contributed by atoms with Crippen LogP contribution in [0.2, 0.25) is 0 Å². The lowest BCUT2D eigenvalue weighted by Gasteiger charge is -2.39.